The second kappa shape index (κ2) is 19.0. The van der Waals surface area contributed by atoms with Gasteiger partial charge in [-0.15, -0.1) is 0 Å². The lowest BCUT2D eigenvalue weighted by Gasteiger charge is -2.27. The van der Waals surface area contributed by atoms with Gasteiger partial charge in [0.1, 0.15) is 46.7 Å². The van der Waals surface area contributed by atoms with Gasteiger partial charge in [0.25, 0.3) is 5.91 Å². The van der Waals surface area contributed by atoms with Crippen LogP contribution in [0.3, 0.4) is 0 Å². The largest absolute Gasteiger partial charge is 0.542 e. The summed E-state index contributed by atoms with van der Waals surface area (Å²) in [6.45, 7) is 1.45. The van der Waals surface area contributed by atoms with Crippen molar-refractivity contribution >= 4 is 33.6 Å². The summed E-state index contributed by atoms with van der Waals surface area (Å²) in [5.41, 5.74) is 6.74. The zero-order valence-electron chi connectivity index (χ0n) is 25.9. The molecule has 0 radical (unpaired) electrons. The lowest BCUT2D eigenvalue weighted by molar-refractivity contribution is -0.572. The third-order valence-corrected chi connectivity index (χ3v) is 8.28. The zero-order valence-corrected chi connectivity index (χ0v) is 26.7. The number of sulfonamides is 1. The molecule has 0 unspecified atom stereocenters. The van der Waals surface area contributed by atoms with Crippen LogP contribution >= 0.6 is 0 Å². The highest BCUT2D eigenvalue weighted by Crippen LogP contribution is 2.30. The summed E-state index contributed by atoms with van der Waals surface area (Å²) in [7, 11) is -0.846. The van der Waals surface area contributed by atoms with Crippen molar-refractivity contribution in [1.82, 2.24) is 9.79 Å². The van der Waals surface area contributed by atoms with Crippen molar-refractivity contribution in [3.8, 4) is 17.2 Å². The summed E-state index contributed by atoms with van der Waals surface area (Å²) in [4.78, 5) is 30.0. The number of methoxy groups -OCH3 is 2. The summed E-state index contributed by atoms with van der Waals surface area (Å²) in [5, 5.41) is 28.6. The number of carbonyl (C=O) groups is 3. The molecule has 1 aliphatic rings. The van der Waals surface area contributed by atoms with Crippen molar-refractivity contribution in [3.63, 3.8) is 0 Å². The fraction of sp³-hybridized carbons (Fsp3) is 0.444. The number of quaternary nitrogens is 2. The molecule has 1 heterocycles. The quantitative estimate of drug-likeness (QED) is 0.0671. The van der Waals surface area contributed by atoms with E-state index in [1.165, 1.54) is 10.4 Å². The number of amides is 1. The minimum Gasteiger partial charge on any atom is -0.542 e. The molecule has 1 amide bonds. The maximum atomic E-state index is 13.5. The Kier molecular flexibility index (Phi) is 16.5. The Balaban J connectivity index is 0.000000717. The number of carboxylic acids is 2. The average molecular weight is 737 g/mol. The normalized spacial score (nSPS) is 14.7. The Bertz CT molecular complexity index is 1480. The highest BCUT2D eigenvalue weighted by atomic mass is 32.2. The van der Waals surface area contributed by atoms with Crippen molar-refractivity contribution in [2.75, 3.05) is 33.9 Å². The van der Waals surface area contributed by atoms with Crippen LogP contribution in [0.15, 0.2) is 41.3 Å². The van der Waals surface area contributed by atoms with Crippen LogP contribution in [0.1, 0.15) is 24.8 Å². The molecular formula is C27H34F6N4O11S. The first-order valence-corrected chi connectivity index (χ1v) is 15.3. The third-order valence-electron chi connectivity index (χ3n) is 6.30. The first-order valence-electron chi connectivity index (χ1n) is 13.9. The molecule has 1 aliphatic heterocycles. The Morgan fingerprint density at radius 2 is 1.49 bits per heavy atom. The molecule has 49 heavy (non-hydrogen) atoms. The SMILES string of the molecule is COc1cc(COc2ccc3c(c2)[NH2+]CCN([C@H](CCCC[NH3+])C(=O)NO)S3(=O)=O)cc(OC)c1.O=C([O-])C(F)(F)F.O=C([O-])C(F)(F)F. The molecule has 0 fully saturated rings. The van der Waals surface area contributed by atoms with Crippen LogP contribution in [0, 0.1) is 0 Å². The summed E-state index contributed by atoms with van der Waals surface area (Å²) in [6.07, 6.45) is -8.72. The number of alkyl halides is 6. The number of nitrogens with one attached hydrogen (secondary N) is 1. The van der Waals surface area contributed by atoms with Crippen molar-refractivity contribution in [2.24, 2.45) is 0 Å². The zero-order chi connectivity index (χ0) is 37.6. The molecule has 0 aromatic heterocycles. The number of halogens is 6. The topological polar surface area (TPSA) is 239 Å². The van der Waals surface area contributed by atoms with Crippen molar-refractivity contribution < 1.29 is 89.8 Å². The van der Waals surface area contributed by atoms with Crippen LogP contribution in [-0.4, -0.2) is 88.0 Å². The number of ether oxygens (including phenoxy) is 3. The second-order valence-corrected chi connectivity index (χ2v) is 11.6. The van der Waals surface area contributed by atoms with Crippen LogP contribution in [0.4, 0.5) is 32.0 Å². The number of rotatable bonds is 11. The Morgan fingerprint density at radius 1 is 0.959 bits per heavy atom. The van der Waals surface area contributed by atoms with Gasteiger partial charge in [-0.05, 0) is 49.1 Å². The molecule has 0 saturated carbocycles. The van der Waals surface area contributed by atoms with E-state index in [9.17, 15) is 44.8 Å². The predicted octanol–water partition coefficient (Wildman–Crippen LogP) is -1.63. The molecule has 0 bridgehead atoms. The monoisotopic (exact) mass is 736 g/mol. The molecule has 0 aliphatic carbocycles. The van der Waals surface area contributed by atoms with Gasteiger partial charge < -0.3 is 45.1 Å². The van der Waals surface area contributed by atoms with Crippen molar-refractivity contribution in [1.29, 1.82) is 0 Å². The van der Waals surface area contributed by atoms with E-state index in [1.807, 2.05) is 17.4 Å². The van der Waals surface area contributed by atoms with Crippen LogP contribution in [-0.2, 0) is 31.0 Å². The summed E-state index contributed by atoms with van der Waals surface area (Å²) in [6, 6.07) is 9.19. The molecule has 2 aromatic carbocycles. The number of carbonyl (C=O) groups excluding carboxylic acids is 3. The molecular weight excluding hydrogens is 702 g/mol. The number of unbranched alkanes of at least 4 members (excludes halogenated alkanes) is 1. The van der Waals surface area contributed by atoms with Crippen molar-refractivity contribution in [3.05, 3.63) is 42.0 Å². The van der Waals surface area contributed by atoms with Gasteiger partial charge in [-0.1, -0.05) is 0 Å². The Hall–Kier alpha value is -4.38. The van der Waals surface area contributed by atoms with E-state index in [-0.39, 0.29) is 18.0 Å². The van der Waals surface area contributed by atoms with E-state index >= 15 is 0 Å². The van der Waals surface area contributed by atoms with Gasteiger partial charge in [0.15, 0.2) is 5.69 Å². The minimum atomic E-state index is -5.19. The number of hydrogen-bond acceptors (Lipinski definition) is 11. The summed E-state index contributed by atoms with van der Waals surface area (Å²) >= 11 is 0. The van der Waals surface area contributed by atoms with E-state index in [0.29, 0.717) is 48.9 Å². The summed E-state index contributed by atoms with van der Waals surface area (Å²) in [5.74, 6) is -4.97. The van der Waals surface area contributed by atoms with Gasteiger partial charge in [0, 0.05) is 12.1 Å². The molecule has 15 nitrogen and oxygen atoms in total. The van der Waals surface area contributed by atoms with E-state index in [1.54, 1.807) is 37.9 Å². The van der Waals surface area contributed by atoms with Crippen molar-refractivity contribution in [2.45, 2.75) is 49.2 Å². The Morgan fingerprint density at radius 3 is 1.94 bits per heavy atom. The fourth-order valence-electron chi connectivity index (χ4n) is 4.04. The molecule has 2 aromatic rings. The smallest absolute Gasteiger partial charge is 0.430 e. The third kappa shape index (κ3) is 13.6. The number of hydrogen-bond donors (Lipinski definition) is 4. The molecule has 276 valence electrons. The van der Waals surface area contributed by atoms with E-state index in [2.05, 4.69) is 5.73 Å². The van der Waals surface area contributed by atoms with Crippen LogP contribution in [0.25, 0.3) is 0 Å². The standard InChI is InChI=1S/C23H32N4O7S.2C2HF3O2/c1-32-18-11-16(12-19(13-18)33-2)15-34-17-6-7-22-20(14-17)25-9-10-27(35(22,30)31)21(23(28)26-29)5-3-4-8-24;2*3-2(4,5)1(6)7/h6-7,11-14,21,25,29H,3-5,8-10,15,24H2,1-2H3,(H,26,28);2*(H,6,7)/t21-;;/m1../s1. The molecule has 7 N–H and O–H groups in total. The van der Waals surface area contributed by atoms with Gasteiger partial charge in [-0.25, -0.2) is 13.9 Å². The first-order chi connectivity index (χ1) is 22.7. The number of nitrogens with two attached hydrogens (primary N) is 1. The van der Waals surface area contributed by atoms with Crippen LogP contribution in [0.2, 0.25) is 0 Å². The predicted molar refractivity (Wildman–Crippen MR) is 148 cm³/mol. The number of carboxylic acid groups (broad SMARTS) is 2. The molecule has 0 saturated heterocycles. The van der Waals surface area contributed by atoms with Crippen LogP contribution in [0.5, 0.6) is 17.2 Å². The fourth-order valence-corrected chi connectivity index (χ4v) is 5.85. The molecule has 1 atom stereocenters. The van der Waals surface area contributed by atoms with Gasteiger partial charge in [0.05, 0.1) is 33.9 Å². The lowest BCUT2D eigenvalue weighted by atomic mass is 10.1. The molecule has 0 spiro atoms. The minimum absolute atomic E-state index is 0.0956. The number of nitrogens with zero attached hydrogens (tertiary/aromatic N) is 1. The van der Waals surface area contributed by atoms with E-state index in [0.717, 1.165) is 12.0 Å². The van der Waals surface area contributed by atoms with E-state index < -0.39 is 46.3 Å². The molecule has 22 heteroatoms. The van der Waals surface area contributed by atoms with E-state index in [4.69, 9.17) is 34.0 Å². The van der Waals surface area contributed by atoms with Gasteiger partial charge in [0.2, 0.25) is 10.0 Å². The average Bonchev–Trinajstić information content (AvgIpc) is 3.16. The van der Waals surface area contributed by atoms with Gasteiger partial charge in [-0.2, -0.15) is 30.6 Å². The lowest BCUT2D eigenvalue weighted by Crippen LogP contribution is -2.79. The van der Waals surface area contributed by atoms with Gasteiger partial charge in [-0.3, -0.25) is 10.0 Å². The number of aliphatic carboxylic acids is 2. The Labute approximate surface area is 275 Å². The number of benzene rings is 2. The van der Waals surface area contributed by atoms with Crippen LogP contribution < -0.4 is 41.0 Å². The highest BCUT2D eigenvalue weighted by Gasteiger charge is 2.40. The second-order valence-electron chi connectivity index (χ2n) is 9.73. The first kappa shape index (κ1) is 42.6. The molecule has 3 rings (SSSR count). The highest BCUT2D eigenvalue weighted by molar-refractivity contribution is 7.89. The maximum Gasteiger partial charge on any atom is 0.430 e. The maximum absolute atomic E-state index is 13.5. The van der Waals surface area contributed by atoms with Gasteiger partial charge >= 0.3 is 12.4 Å². The summed E-state index contributed by atoms with van der Waals surface area (Å²) < 4.78 is 108. The number of hydroxylamine groups is 1. The number of fused-ring (bicyclic) bond motifs is 1.